The molecule has 5 rings (SSSR count). The molecule has 184 valence electrons. The van der Waals surface area contributed by atoms with Gasteiger partial charge in [-0.3, -0.25) is 4.72 Å². The van der Waals surface area contributed by atoms with E-state index in [1.54, 1.807) is 12.1 Å². The highest BCUT2D eigenvalue weighted by atomic mass is 32.2. The van der Waals surface area contributed by atoms with Gasteiger partial charge in [0.2, 0.25) is 0 Å². The van der Waals surface area contributed by atoms with Gasteiger partial charge in [0.15, 0.2) is 0 Å². The molecular formula is C27H27F3N2O2S. The molecule has 0 aromatic heterocycles. The topological polar surface area (TPSA) is 44.7 Å². The van der Waals surface area contributed by atoms with Crippen LogP contribution in [0.4, 0.5) is 24.5 Å². The molecule has 1 saturated carbocycles. The van der Waals surface area contributed by atoms with Crippen molar-refractivity contribution in [2.45, 2.75) is 61.5 Å². The van der Waals surface area contributed by atoms with Crippen molar-refractivity contribution >= 4 is 23.3 Å². The Morgan fingerprint density at radius 1 is 0.857 bits per heavy atom. The number of hydrogen-bond acceptors (Lipinski definition) is 5. The first-order valence-electron chi connectivity index (χ1n) is 11.8. The summed E-state index contributed by atoms with van der Waals surface area (Å²) >= 11 is 1.32. The van der Waals surface area contributed by atoms with Gasteiger partial charge in [-0.05, 0) is 91.6 Å². The normalized spacial score (nSPS) is 22.2. The fourth-order valence-corrected chi connectivity index (χ4v) is 5.91. The lowest BCUT2D eigenvalue weighted by atomic mass is 9.86. The molecule has 8 heteroatoms. The van der Waals surface area contributed by atoms with Crippen molar-refractivity contribution in [3.8, 4) is 5.75 Å². The Hall–Kier alpha value is -2.68. The van der Waals surface area contributed by atoms with Gasteiger partial charge in [-0.15, -0.1) is 13.2 Å². The number of aryl methyl sites for hydroxylation is 2. The molecule has 2 N–H and O–H groups in total. The molecule has 3 aromatic rings. The van der Waals surface area contributed by atoms with E-state index in [4.69, 9.17) is 0 Å². The largest absolute Gasteiger partial charge is 0.573 e. The van der Waals surface area contributed by atoms with Gasteiger partial charge >= 0.3 is 6.36 Å². The fraction of sp³-hybridized carbons (Fsp3) is 0.333. The molecule has 0 bridgehead atoms. The van der Waals surface area contributed by atoms with Crippen molar-refractivity contribution in [3.63, 3.8) is 0 Å². The van der Waals surface area contributed by atoms with Crippen molar-refractivity contribution < 1.29 is 23.0 Å². The Morgan fingerprint density at radius 3 is 2.06 bits per heavy atom. The Bertz CT molecular complexity index is 1110. The zero-order valence-corrected chi connectivity index (χ0v) is 19.9. The van der Waals surface area contributed by atoms with Crippen LogP contribution in [0.2, 0.25) is 0 Å². The van der Waals surface area contributed by atoms with E-state index in [0.717, 1.165) is 48.4 Å². The van der Waals surface area contributed by atoms with Crippen LogP contribution in [-0.2, 0) is 12.8 Å². The van der Waals surface area contributed by atoms with Gasteiger partial charge in [-0.1, -0.05) is 36.4 Å². The SMILES string of the molecule is O[C@@H]1C(NSc2ccc(OC(F)(F)F)cc2)CCCC1N1c2ccccc2CCc2ccccc21. The Morgan fingerprint density at radius 2 is 1.46 bits per heavy atom. The van der Waals surface area contributed by atoms with E-state index in [1.807, 2.05) is 12.1 Å². The summed E-state index contributed by atoms with van der Waals surface area (Å²) in [4.78, 5) is 3.07. The summed E-state index contributed by atoms with van der Waals surface area (Å²) in [6.07, 6.45) is -0.773. The molecule has 1 aliphatic carbocycles. The maximum atomic E-state index is 12.4. The van der Waals surface area contributed by atoms with Crippen molar-refractivity contribution in [1.82, 2.24) is 4.72 Å². The third-order valence-corrected chi connectivity index (χ3v) is 7.63. The fourth-order valence-electron chi connectivity index (χ4n) is 5.09. The molecule has 1 aliphatic heterocycles. The molecule has 1 fully saturated rings. The van der Waals surface area contributed by atoms with Crippen LogP contribution in [-0.4, -0.2) is 29.7 Å². The minimum atomic E-state index is -4.71. The summed E-state index contributed by atoms with van der Waals surface area (Å²) in [6.45, 7) is 0. The predicted octanol–water partition coefficient (Wildman–Crippen LogP) is 6.40. The summed E-state index contributed by atoms with van der Waals surface area (Å²) in [5.74, 6) is -0.252. The third kappa shape index (κ3) is 5.44. The van der Waals surface area contributed by atoms with E-state index < -0.39 is 12.5 Å². The number of fused-ring (bicyclic) bond motifs is 2. The summed E-state index contributed by atoms with van der Waals surface area (Å²) in [7, 11) is 0. The number of para-hydroxylation sites is 2. The maximum Gasteiger partial charge on any atom is 0.573 e. The highest BCUT2D eigenvalue weighted by Gasteiger charge is 2.38. The minimum Gasteiger partial charge on any atom is -0.406 e. The average molecular weight is 501 g/mol. The Labute approximate surface area is 207 Å². The zero-order chi connectivity index (χ0) is 24.4. The highest BCUT2D eigenvalue weighted by molar-refractivity contribution is 7.97. The molecule has 35 heavy (non-hydrogen) atoms. The molecule has 3 atom stereocenters. The van der Waals surface area contributed by atoms with Crippen molar-refractivity contribution in [1.29, 1.82) is 0 Å². The second kappa shape index (κ2) is 10.1. The lowest BCUT2D eigenvalue weighted by Gasteiger charge is -2.43. The Balaban J connectivity index is 1.34. The van der Waals surface area contributed by atoms with Crippen LogP contribution in [0.15, 0.2) is 77.7 Å². The summed E-state index contributed by atoms with van der Waals surface area (Å²) in [6, 6.07) is 22.3. The smallest absolute Gasteiger partial charge is 0.406 e. The molecule has 2 aliphatic rings. The van der Waals surface area contributed by atoms with Crippen LogP contribution < -0.4 is 14.4 Å². The average Bonchev–Trinajstić information content (AvgIpc) is 3.01. The lowest BCUT2D eigenvalue weighted by molar-refractivity contribution is -0.274. The molecule has 0 amide bonds. The number of nitrogens with zero attached hydrogens (tertiary/aromatic N) is 1. The van der Waals surface area contributed by atoms with E-state index in [2.05, 4.69) is 50.8 Å². The summed E-state index contributed by atoms with van der Waals surface area (Å²) < 4.78 is 44.5. The number of ether oxygens (including phenoxy) is 1. The molecule has 0 spiro atoms. The van der Waals surface area contributed by atoms with Crippen LogP contribution in [0.3, 0.4) is 0 Å². The quantitative estimate of drug-likeness (QED) is 0.397. The van der Waals surface area contributed by atoms with Crippen LogP contribution in [0.25, 0.3) is 0 Å². The number of hydrogen-bond donors (Lipinski definition) is 2. The van der Waals surface area contributed by atoms with Crippen LogP contribution in [0, 0.1) is 0 Å². The number of nitrogens with one attached hydrogen (secondary N) is 1. The van der Waals surface area contributed by atoms with E-state index >= 15 is 0 Å². The van der Waals surface area contributed by atoms with Crippen molar-refractivity contribution in [2.24, 2.45) is 0 Å². The molecule has 0 radical (unpaired) electrons. The van der Waals surface area contributed by atoms with Gasteiger partial charge in [-0.25, -0.2) is 0 Å². The van der Waals surface area contributed by atoms with E-state index in [1.165, 1.54) is 35.2 Å². The lowest BCUT2D eigenvalue weighted by Crippen LogP contribution is -2.53. The second-order valence-electron chi connectivity index (χ2n) is 8.96. The van der Waals surface area contributed by atoms with Crippen LogP contribution >= 0.6 is 11.9 Å². The molecule has 3 aromatic carbocycles. The summed E-state index contributed by atoms with van der Waals surface area (Å²) in [5, 5.41) is 11.5. The number of aliphatic hydroxyl groups is 1. The van der Waals surface area contributed by atoms with Gasteiger partial charge in [-0.2, -0.15) is 0 Å². The first kappa shape index (κ1) is 24.0. The van der Waals surface area contributed by atoms with Gasteiger partial charge in [0.1, 0.15) is 5.75 Å². The third-order valence-electron chi connectivity index (χ3n) is 6.70. The van der Waals surface area contributed by atoms with Gasteiger partial charge in [0.05, 0.1) is 12.1 Å². The predicted molar refractivity (Wildman–Crippen MR) is 132 cm³/mol. The maximum absolute atomic E-state index is 12.4. The monoisotopic (exact) mass is 500 g/mol. The van der Waals surface area contributed by atoms with E-state index in [9.17, 15) is 18.3 Å². The van der Waals surface area contributed by atoms with E-state index in [0.29, 0.717) is 0 Å². The Kier molecular flexibility index (Phi) is 6.95. The van der Waals surface area contributed by atoms with Crippen molar-refractivity contribution in [2.75, 3.05) is 4.90 Å². The molecule has 2 unspecified atom stereocenters. The molecule has 0 saturated heterocycles. The number of halogens is 3. The molecule has 4 nitrogen and oxygen atoms in total. The standard InChI is InChI=1S/C27H27F3N2O2S/c28-27(29,30)34-20-14-16-21(17-15-20)35-31-22-8-5-11-25(26(22)33)32-23-9-3-1-6-18(23)12-13-19-7-2-4-10-24(19)32/h1-4,6-7,9-10,14-17,22,25-26,31,33H,5,8,11-13H2/t22?,25?,26-/m1/s1. The molecule has 1 heterocycles. The second-order valence-corrected chi connectivity index (χ2v) is 9.87. The number of rotatable bonds is 5. The first-order chi connectivity index (χ1) is 16.9. The van der Waals surface area contributed by atoms with E-state index in [-0.39, 0.29) is 17.8 Å². The molecular weight excluding hydrogens is 473 g/mol. The van der Waals surface area contributed by atoms with Crippen LogP contribution in [0.5, 0.6) is 5.75 Å². The number of alkyl halides is 3. The number of benzene rings is 3. The number of anilines is 2. The van der Waals surface area contributed by atoms with Gasteiger partial charge in [0, 0.05) is 22.3 Å². The zero-order valence-electron chi connectivity index (χ0n) is 19.0. The highest BCUT2D eigenvalue weighted by Crippen LogP contribution is 2.41. The minimum absolute atomic E-state index is 0.0928. The van der Waals surface area contributed by atoms with Gasteiger partial charge < -0.3 is 14.7 Å². The van der Waals surface area contributed by atoms with Crippen LogP contribution in [0.1, 0.15) is 30.4 Å². The van der Waals surface area contributed by atoms with Crippen molar-refractivity contribution in [3.05, 3.63) is 83.9 Å². The summed E-state index contributed by atoms with van der Waals surface area (Å²) in [5.41, 5.74) is 4.85. The first-order valence-corrected chi connectivity index (χ1v) is 12.6. The number of aliphatic hydroxyl groups excluding tert-OH is 1. The van der Waals surface area contributed by atoms with Gasteiger partial charge in [0.25, 0.3) is 0 Å².